The highest BCUT2D eigenvalue weighted by atomic mass is 16.5. The minimum absolute atomic E-state index is 0.462. The van der Waals surface area contributed by atoms with Gasteiger partial charge in [-0.15, -0.1) is 0 Å². The van der Waals surface area contributed by atoms with Crippen LogP contribution in [0.3, 0.4) is 0 Å². The zero-order chi connectivity index (χ0) is 9.80. The topological polar surface area (TPSA) is 33.3 Å². The van der Waals surface area contributed by atoms with Gasteiger partial charge in [-0.1, -0.05) is 0 Å². The largest absolute Gasteiger partial charge is 0.378 e. The van der Waals surface area contributed by atoms with Gasteiger partial charge in [-0.25, -0.2) is 0 Å². The summed E-state index contributed by atoms with van der Waals surface area (Å²) in [5.41, 5.74) is 0. The van der Waals surface area contributed by atoms with Crippen LogP contribution in [0.4, 0.5) is 0 Å². The maximum absolute atomic E-state index is 5.54. The van der Waals surface area contributed by atoms with Crippen LogP contribution in [0.1, 0.15) is 19.8 Å². The fourth-order valence-corrected chi connectivity index (χ4v) is 2.41. The van der Waals surface area contributed by atoms with Gasteiger partial charge in [0.15, 0.2) is 0 Å². The van der Waals surface area contributed by atoms with Crippen molar-refractivity contribution in [3.8, 4) is 0 Å². The average Bonchev–Trinajstić information content (AvgIpc) is 2.78. The van der Waals surface area contributed by atoms with Crippen molar-refractivity contribution in [2.45, 2.75) is 25.9 Å². The summed E-state index contributed by atoms with van der Waals surface area (Å²) in [6, 6.07) is 0. The fraction of sp³-hybridized carbons (Fsp3) is 1.00. The quantitative estimate of drug-likeness (QED) is 0.694. The molecule has 0 aromatic heterocycles. The lowest BCUT2D eigenvalue weighted by Gasteiger charge is -2.16. The van der Waals surface area contributed by atoms with Crippen molar-refractivity contribution in [3.63, 3.8) is 0 Å². The van der Waals surface area contributed by atoms with E-state index < -0.39 is 0 Å². The van der Waals surface area contributed by atoms with Crippen molar-refractivity contribution in [2.24, 2.45) is 11.8 Å². The lowest BCUT2D eigenvalue weighted by Crippen LogP contribution is -2.31. The zero-order valence-corrected chi connectivity index (χ0v) is 9.09. The summed E-state index contributed by atoms with van der Waals surface area (Å²) >= 11 is 0. The van der Waals surface area contributed by atoms with E-state index >= 15 is 0 Å². The van der Waals surface area contributed by atoms with Crippen molar-refractivity contribution in [1.29, 1.82) is 0 Å². The smallest absolute Gasteiger partial charge is 0.0588 e. The second kappa shape index (κ2) is 5.10. The Morgan fingerprint density at radius 1 is 1.36 bits per heavy atom. The van der Waals surface area contributed by atoms with Crippen molar-refractivity contribution in [3.05, 3.63) is 0 Å². The van der Waals surface area contributed by atoms with Crippen LogP contribution in [0.15, 0.2) is 0 Å². The van der Waals surface area contributed by atoms with Crippen molar-refractivity contribution in [1.82, 2.24) is 10.6 Å². The minimum Gasteiger partial charge on any atom is -0.378 e. The molecule has 0 bridgehead atoms. The second-order valence-electron chi connectivity index (χ2n) is 4.64. The van der Waals surface area contributed by atoms with Gasteiger partial charge in [0.25, 0.3) is 0 Å². The van der Waals surface area contributed by atoms with E-state index in [4.69, 9.17) is 4.74 Å². The fourth-order valence-electron chi connectivity index (χ4n) is 2.41. The molecule has 2 aliphatic heterocycles. The molecule has 2 N–H and O–H groups in total. The molecule has 0 aromatic rings. The molecule has 3 heteroatoms. The highest BCUT2D eigenvalue weighted by Crippen LogP contribution is 2.19. The normalized spacial score (nSPS) is 37.9. The summed E-state index contributed by atoms with van der Waals surface area (Å²) in [7, 11) is 0. The molecular formula is C11H22N2O. The molecule has 0 spiro atoms. The summed E-state index contributed by atoms with van der Waals surface area (Å²) in [5, 5.41) is 6.97. The lowest BCUT2D eigenvalue weighted by molar-refractivity contribution is 0.105. The Hall–Kier alpha value is -0.120. The SMILES string of the molecule is CC1OCCC1CNCC1CCNC1. The molecule has 3 unspecified atom stereocenters. The maximum atomic E-state index is 5.54. The molecule has 3 nitrogen and oxygen atoms in total. The van der Waals surface area contributed by atoms with E-state index in [2.05, 4.69) is 17.6 Å². The van der Waals surface area contributed by atoms with Crippen LogP contribution < -0.4 is 10.6 Å². The average molecular weight is 198 g/mol. The van der Waals surface area contributed by atoms with Gasteiger partial charge in [0.2, 0.25) is 0 Å². The van der Waals surface area contributed by atoms with Crippen LogP contribution in [0.5, 0.6) is 0 Å². The predicted molar refractivity (Wildman–Crippen MR) is 57.4 cm³/mol. The van der Waals surface area contributed by atoms with Crippen LogP contribution in [0, 0.1) is 11.8 Å². The molecule has 2 rings (SSSR count). The minimum atomic E-state index is 0.462. The number of hydrogen-bond acceptors (Lipinski definition) is 3. The van der Waals surface area contributed by atoms with Gasteiger partial charge < -0.3 is 15.4 Å². The van der Waals surface area contributed by atoms with Gasteiger partial charge in [0.05, 0.1) is 6.10 Å². The number of nitrogens with one attached hydrogen (secondary N) is 2. The van der Waals surface area contributed by atoms with Gasteiger partial charge in [0, 0.05) is 13.2 Å². The standard InChI is InChI=1S/C11H22N2O/c1-9-11(3-5-14-9)8-13-7-10-2-4-12-6-10/h9-13H,2-8H2,1H3. The first-order valence-corrected chi connectivity index (χ1v) is 5.89. The Morgan fingerprint density at radius 2 is 2.29 bits per heavy atom. The Bertz CT molecular complexity index is 169. The zero-order valence-electron chi connectivity index (χ0n) is 9.09. The molecule has 14 heavy (non-hydrogen) atoms. The Kier molecular flexibility index (Phi) is 3.79. The molecular weight excluding hydrogens is 176 g/mol. The molecule has 2 heterocycles. The number of hydrogen-bond donors (Lipinski definition) is 2. The third-order valence-corrected chi connectivity index (χ3v) is 3.54. The highest BCUT2D eigenvalue weighted by molar-refractivity contribution is 4.77. The molecule has 2 fully saturated rings. The van der Waals surface area contributed by atoms with Crippen molar-refractivity contribution in [2.75, 3.05) is 32.8 Å². The highest BCUT2D eigenvalue weighted by Gasteiger charge is 2.24. The molecule has 0 saturated carbocycles. The van der Waals surface area contributed by atoms with E-state index in [1.165, 1.54) is 32.5 Å². The second-order valence-corrected chi connectivity index (χ2v) is 4.64. The molecule has 3 atom stereocenters. The molecule has 2 aliphatic rings. The van der Waals surface area contributed by atoms with Gasteiger partial charge in [-0.05, 0) is 51.2 Å². The van der Waals surface area contributed by atoms with Gasteiger partial charge in [0.1, 0.15) is 0 Å². The molecule has 0 radical (unpaired) electrons. The first-order chi connectivity index (χ1) is 6.86. The molecule has 0 aromatic carbocycles. The summed E-state index contributed by atoms with van der Waals surface area (Å²) in [6.07, 6.45) is 3.03. The van der Waals surface area contributed by atoms with Crippen molar-refractivity contribution < 1.29 is 4.74 Å². The number of ether oxygens (including phenoxy) is 1. The van der Waals surface area contributed by atoms with Crippen LogP contribution in [-0.4, -0.2) is 38.9 Å². The monoisotopic (exact) mass is 198 g/mol. The predicted octanol–water partition coefficient (Wildman–Crippen LogP) is 0.610. The van der Waals surface area contributed by atoms with Crippen LogP contribution in [-0.2, 0) is 4.74 Å². The van der Waals surface area contributed by atoms with Crippen LogP contribution in [0.25, 0.3) is 0 Å². The van der Waals surface area contributed by atoms with Crippen LogP contribution in [0.2, 0.25) is 0 Å². The van der Waals surface area contributed by atoms with Crippen LogP contribution >= 0.6 is 0 Å². The van der Waals surface area contributed by atoms with E-state index in [-0.39, 0.29) is 0 Å². The Labute approximate surface area is 86.6 Å². The molecule has 2 saturated heterocycles. The Morgan fingerprint density at radius 3 is 2.93 bits per heavy atom. The van der Waals surface area contributed by atoms with E-state index in [9.17, 15) is 0 Å². The maximum Gasteiger partial charge on any atom is 0.0588 e. The van der Waals surface area contributed by atoms with Gasteiger partial charge in [-0.3, -0.25) is 0 Å². The van der Waals surface area contributed by atoms with Gasteiger partial charge >= 0.3 is 0 Å². The van der Waals surface area contributed by atoms with E-state index in [1.54, 1.807) is 0 Å². The number of rotatable bonds is 4. The van der Waals surface area contributed by atoms with E-state index in [0.29, 0.717) is 6.10 Å². The molecule has 0 aliphatic carbocycles. The Balaban J connectivity index is 1.57. The van der Waals surface area contributed by atoms with E-state index in [0.717, 1.165) is 25.0 Å². The first-order valence-electron chi connectivity index (χ1n) is 5.89. The molecule has 82 valence electrons. The summed E-state index contributed by atoms with van der Waals surface area (Å²) in [4.78, 5) is 0. The third kappa shape index (κ3) is 2.69. The third-order valence-electron chi connectivity index (χ3n) is 3.54. The molecule has 0 amide bonds. The van der Waals surface area contributed by atoms with Crippen molar-refractivity contribution >= 4 is 0 Å². The first kappa shape index (κ1) is 10.4. The summed E-state index contributed by atoms with van der Waals surface area (Å²) in [5.74, 6) is 1.59. The van der Waals surface area contributed by atoms with E-state index in [1.807, 2.05) is 0 Å². The summed E-state index contributed by atoms with van der Waals surface area (Å²) < 4.78 is 5.54. The summed E-state index contributed by atoms with van der Waals surface area (Å²) in [6.45, 7) is 7.86. The lowest BCUT2D eigenvalue weighted by atomic mass is 10.0. The van der Waals surface area contributed by atoms with Gasteiger partial charge in [-0.2, -0.15) is 0 Å².